The first-order valence-electron chi connectivity index (χ1n) is 10.2. The lowest BCUT2D eigenvalue weighted by atomic mass is 10.1. The molecule has 5 nitrogen and oxygen atoms in total. The van der Waals surface area contributed by atoms with Gasteiger partial charge in [0, 0.05) is 49.9 Å². The smallest absolute Gasteiger partial charge is 0.146 e. The van der Waals surface area contributed by atoms with Crippen molar-refractivity contribution in [3.63, 3.8) is 0 Å². The van der Waals surface area contributed by atoms with E-state index in [1.165, 1.54) is 10.5 Å². The van der Waals surface area contributed by atoms with Gasteiger partial charge in [0.25, 0.3) is 0 Å². The maximum atomic E-state index is 6.39. The Morgan fingerprint density at radius 1 is 1.28 bits per heavy atom. The fraction of sp³-hybridized carbons (Fsp3) is 0.208. The zero-order valence-electron chi connectivity index (χ0n) is 17.7. The number of allylic oxidation sites excluding steroid dienone is 1. The van der Waals surface area contributed by atoms with Gasteiger partial charge in [0.1, 0.15) is 23.7 Å². The number of aryl methyl sites for hydroxylation is 2. The summed E-state index contributed by atoms with van der Waals surface area (Å²) in [5.74, 6) is 1.72. The lowest BCUT2D eigenvalue weighted by molar-refractivity contribution is 0.305. The number of hydrogen-bond acceptors (Lipinski definition) is 6. The lowest BCUT2D eigenvalue weighted by Gasteiger charge is -2.16. The molecule has 1 aromatic carbocycles. The standard InChI is InChI=1S/C24H21IN4OS2/c1-15-11-20(29-9-8-27-16(29)2)17-5-3-6-21(24(17)28-15)30-14-18-19(25)12-26-13-22(18)32-23-7-4-10-31-23/h3-6,8-13,23H,7,14H2,1-2H3. The summed E-state index contributed by atoms with van der Waals surface area (Å²) >= 11 is 6.08. The van der Waals surface area contributed by atoms with E-state index in [1.54, 1.807) is 0 Å². The Labute approximate surface area is 209 Å². The molecule has 3 aromatic heterocycles. The minimum Gasteiger partial charge on any atom is -0.487 e. The van der Waals surface area contributed by atoms with Gasteiger partial charge in [0.15, 0.2) is 0 Å². The maximum Gasteiger partial charge on any atom is 0.146 e. The molecule has 1 aliphatic rings. The minimum atomic E-state index is 0.474. The predicted octanol–water partition coefficient (Wildman–Crippen LogP) is 6.68. The number of nitrogens with zero attached hydrogens (tertiary/aromatic N) is 4. The Morgan fingerprint density at radius 3 is 2.97 bits per heavy atom. The SMILES string of the molecule is Cc1cc(-n2ccnc2C)c2cccc(OCc3c(I)cncc3SC3CC=CS3)c2n1. The van der Waals surface area contributed by atoms with Crippen molar-refractivity contribution in [1.29, 1.82) is 0 Å². The van der Waals surface area contributed by atoms with Crippen LogP contribution in [0.25, 0.3) is 16.6 Å². The number of halogens is 1. The van der Waals surface area contributed by atoms with Crippen LogP contribution in [0.15, 0.2) is 65.4 Å². The van der Waals surface area contributed by atoms with E-state index in [4.69, 9.17) is 9.72 Å². The Hall–Kier alpha value is -2.04. The van der Waals surface area contributed by atoms with E-state index in [-0.39, 0.29) is 0 Å². The monoisotopic (exact) mass is 572 g/mol. The zero-order chi connectivity index (χ0) is 22.1. The van der Waals surface area contributed by atoms with E-state index < -0.39 is 0 Å². The van der Waals surface area contributed by atoms with Gasteiger partial charge in [-0.05, 0) is 60.4 Å². The van der Waals surface area contributed by atoms with Gasteiger partial charge >= 0.3 is 0 Å². The summed E-state index contributed by atoms with van der Waals surface area (Å²) < 4.78 is 10.1. The average molecular weight is 572 g/mol. The second-order valence-corrected chi connectivity index (χ2v) is 11.3. The van der Waals surface area contributed by atoms with Gasteiger partial charge in [-0.3, -0.25) is 4.98 Å². The van der Waals surface area contributed by atoms with Gasteiger partial charge in [-0.25, -0.2) is 9.97 Å². The number of para-hydroxylation sites is 1. The van der Waals surface area contributed by atoms with Gasteiger partial charge in [-0.1, -0.05) is 18.2 Å². The number of benzene rings is 1. The van der Waals surface area contributed by atoms with E-state index in [9.17, 15) is 0 Å². The molecule has 162 valence electrons. The van der Waals surface area contributed by atoms with E-state index in [2.05, 4.69) is 60.7 Å². The third-order valence-electron chi connectivity index (χ3n) is 5.24. The van der Waals surface area contributed by atoms with Crippen molar-refractivity contribution in [2.75, 3.05) is 0 Å². The molecule has 4 aromatic rings. The molecule has 0 fully saturated rings. The number of rotatable bonds is 6. The normalized spacial score (nSPS) is 15.5. The highest BCUT2D eigenvalue weighted by atomic mass is 127. The molecule has 1 atom stereocenters. The van der Waals surface area contributed by atoms with Crippen LogP contribution < -0.4 is 4.74 Å². The summed E-state index contributed by atoms with van der Waals surface area (Å²) in [7, 11) is 0. The molecular weight excluding hydrogens is 551 g/mol. The van der Waals surface area contributed by atoms with Gasteiger partial charge < -0.3 is 9.30 Å². The fourth-order valence-electron chi connectivity index (χ4n) is 3.70. The van der Waals surface area contributed by atoms with E-state index in [0.717, 1.165) is 43.8 Å². The summed E-state index contributed by atoms with van der Waals surface area (Å²) in [6, 6.07) is 8.20. The zero-order valence-corrected chi connectivity index (χ0v) is 21.4. The van der Waals surface area contributed by atoms with Crippen LogP contribution in [0.3, 0.4) is 0 Å². The second-order valence-electron chi connectivity index (χ2n) is 7.46. The quantitative estimate of drug-likeness (QED) is 0.240. The molecule has 0 aliphatic carbocycles. The number of hydrogen-bond donors (Lipinski definition) is 0. The molecule has 1 unspecified atom stereocenters. The van der Waals surface area contributed by atoms with Crippen LogP contribution in [0.4, 0.5) is 0 Å². The Morgan fingerprint density at radius 2 is 2.19 bits per heavy atom. The first-order valence-corrected chi connectivity index (χ1v) is 13.1. The van der Waals surface area contributed by atoms with Crippen LogP contribution in [0.2, 0.25) is 0 Å². The molecule has 0 saturated carbocycles. The highest BCUT2D eigenvalue weighted by Gasteiger charge is 2.18. The molecule has 8 heteroatoms. The van der Waals surface area contributed by atoms with E-state index >= 15 is 0 Å². The number of ether oxygens (including phenoxy) is 1. The Bertz CT molecular complexity index is 1310. The molecule has 32 heavy (non-hydrogen) atoms. The van der Waals surface area contributed by atoms with Gasteiger partial charge in [-0.2, -0.15) is 0 Å². The molecule has 0 saturated heterocycles. The molecule has 5 rings (SSSR count). The summed E-state index contributed by atoms with van der Waals surface area (Å²) in [5.41, 5.74) is 4.04. The van der Waals surface area contributed by atoms with Crippen molar-refractivity contribution in [3.8, 4) is 11.4 Å². The van der Waals surface area contributed by atoms with Gasteiger partial charge in [0.05, 0.1) is 10.3 Å². The van der Waals surface area contributed by atoms with Gasteiger partial charge in [-0.15, -0.1) is 23.5 Å². The topological polar surface area (TPSA) is 52.8 Å². The Kier molecular flexibility index (Phi) is 6.43. The molecule has 0 N–H and O–H groups in total. The molecule has 0 radical (unpaired) electrons. The second kappa shape index (κ2) is 9.44. The highest BCUT2D eigenvalue weighted by molar-refractivity contribution is 14.1. The average Bonchev–Trinajstić information content (AvgIpc) is 3.44. The van der Waals surface area contributed by atoms with Crippen molar-refractivity contribution in [2.24, 2.45) is 0 Å². The van der Waals surface area contributed by atoms with Crippen LogP contribution in [0, 0.1) is 17.4 Å². The van der Waals surface area contributed by atoms with Crippen molar-refractivity contribution in [1.82, 2.24) is 19.5 Å². The lowest BCUT2D eigenvalue weighted by Crippen LogP contribution is -2.04. The van der Waals surface area contributed by atoms with Crippen molar-refractivity contribution in [3.05, 3.63) is 81.2 Å². The van der Waals surface area contributed by atoms with Gasteiger partial charge in [0.2, 0.25) is 0 Å². The molecule has 0 amide bonds. The number of pyridine rings is 2. The van der Waals surface area contributed by atoms with Crippen LogP contribution in [-0.2, 0) is 6.61 Å². The highest BCUT2D eigenvalue weighted by Crippen LogP contribution is 2.40. The van der Waals surface area contributed by atoms with Crippen LogP contribution in [0.5, 0.6) is 5.75 Å². The van der Waals surface area contributed by atoms with Crippen LogP contribution in [-0.4, -0.2) is 24.1 Å². The molecule has 0 spiro atoms. The van der Waals surface area contributed by atoms with Crippen molar-refractivity contribution in [2.45, 2.75) is 36.4 Å². The summed E-state index contributed by atoms with van der Waals surface area (Å²) in [6.07, 6.45) is 11.0. The van der Waals surface area contributed by atoms with Crippen LogP contribution >= 0.6 is 46.1 Å². The van der Waals surface area contributed by atoms with Crippen molar-refractivity contribution >= 4 is 57.0 Å². The predicted molar refractivity (Wildman–Crippen MR) is 141 cm³/mol. The number of aromatic nitrogens is 4. The molecular formula is C24H21IN4OS2. The van der Waals surface area contributed by atoms with E-state index in [0.29, 0.717) is 11.2 Å². The summed E-state index contributed by atoms with van der Waals surface area (Å²) in [5, 5.41) is 3.22. The maximum absolute atomic E-state index is 6.39. The first-order chi connectivity index (χ1) is 15.6. The Balaban J connectivity index is 1.48. The minimum absolute atomic E-state index is 0.474. The number of fused-ring (bicyclic) bond motifs is 1. The first kappa shape index (κ1) is 21.8. The fourth-order valence-corrected chi connectivity index (χ4v) is 6.75. The third-order valence-corrected chi connectivity index (χ3v) is 8.70. The number of thioether (sulfide) groups is 2. The van der Waals surface area contributed by atoms with E-state index in [1.807, 2.05) is 74.3 Å². The molecule has 1 aliphatic heterocycles. The molecule has 4 heterocycles. The molecule has 0 bridgehead atoms. The largest absolute Gasteiger partial charge is 0.487 e. The van der Waals surface area contributed by atoms with Crippen LogP contribution in [0.1, 0.15) is 23.5 Å². The number of imidazole rings is 1. The summed E-state index contributed by atoms with van der Waals surface area (Å²) in [4.78, 5) is 14.8. The van der Waals surface area contributed by atoms with Crippen molar-refractivity contribution < 1.29 is 4.74 Å². The summed E-state index contributed by atoms with van der Waals surface area (Å²) in [6.45, 7) is 4.49. The third kappa shape index (κ3) is 4.40.